The zero-order valence-corrected chi connectivity index (χ0v) is 8.46. The molecule has 0 radical (unpaired) electrons. The van der Waals surface area contributed by atoms with Crippen LogP contribution in [0.2, 0.25) is 0 Å². The molecule has 0 saturated heterocycles. The van der Waals surface area contributed by atoms with Gasteiger partial charge in [-0.25, -0.2) is 4.98 Å². The molecule has 4 heteroatoms. The molecule has 0 unspecified atom stereocenters. The maximum atomic E-state index is 8.94. The number of benzene rings is 1. The molecule has 2 rings (SSSR count). The maximum absolute atomic E-state index is 8.94. The van der Waals surface area contributed by atoms with E-state index in [9.17, 15) is 0 Å². The van der Waals surface area contributed by atoms with E-state index in [0.717, 1.165) is 5.56 Å². The van der Waals surface area contributed by atoms with Gasteiger partial charge < -0.3 is 4.57 Å². The zero-order chi connectivity index (χ0) is 11.4. The number of hydrogen-bond donors (Lipinski definition) is 0. The molecule has 0 aliphatic rings. The fraction of sp³-hybridized carbons (Fsp3) is 0.0833. The summed E-state index contributed by atoms with van der Waals surface area (Å²) >= 11 is 0. The fourth-order valence-corrected chi connectivity index (χ4v) is 1.48. The van der Waals surface area contributed by atoms with Crippen molar-refractivity contribution in [1.29, 1.82) is 10.5 Å². The first-order valence-corrected chi connectivity index (χ1v) is 4.74. The van der Waals surface area contributed by atoms with E-state index in [0.29, 0.717) is 12.2 Å². The van der Waals surface area contributed by atoms with E-state index in [1.807, 2.05) is 42.5 Å². The van der Waals surface area contributed by atoms with Crippen molar-refractivity contribution in [3.8, 4) is 12.1 Å². The smallest absolute Gasteiger partial charge is 0.176 e. The quantitative estimate of drug-likeness (QED) is 0.754. The largest absolute Gasteiger partial charge is 0.317 e. The minimum absolute atomic E-state index is 0.179. The molecule has 0 bridgehead atoms. The van der Waals surface area contributed by atoms with Crippen molar-refractivity contribution >= 4 is 0 Å². The molecule has 1 heterocycles. The van der Waals surface area contributed by atoms with Crippen LogP contribution in [0.25, 0.3) is 0 Å². The Bertz CT molecular complexity index is 569. The van der Waals surface area contributed by atoms with Crippen LogP contribution in [0.1, 0.15) is 17.0 Å². The lowest BCUT2D eigenvalue weighted by molar-refractivity contribution is 0.785. The second-order valence-electron chi connectivity index (χ2n) is 3.28. The summed E-state index contributed by atoms with van der Waals surface area (Å²) in [5.41, 5.74) is 1.56. The molecular weight excluding hydrogens is 200 g/mol. The standard InChI is InChI=1S/C12H8N4/c13-6-11-12(7-14)16(9-15-11)8-10-4-2-1-3-5-10/h1-5,9H,8H2. The predicted molar refractivity (Wildman–Crippen MR) is 57.2 cm³/mol. The Morgan fingerprint density at radius 2 is 1.88 bits per heavy atom. The second kappa shape index (κ2) is 4.29. The van der Waals surface area contributed by atoms with Crippen molar-refractivity contribution in [1.82, 2.24) is 9.55 Å². The van der Waals surface area contributed by atoms with Crippen LogP contribution in [0.5, 0.6) is 0 Å². The van der Waals surface area contributed by atoms with Crippen LogP contribution in [0, 0.1) is 22.7 Å². The van der Waals surface area contributed by atoms with Crippen LogP contribution in [0.3, 0.4) is 0 Å². The molecule has 0 atom stereocenters. The minimum Gasteiger partial charge on any atom is -0.317 e. The van der Waals surface area contributed by atoms with E-state index < -0.39 is 0 Å². The van der Waals surface area contributed by atoms with Crippen LogP contribution in [0.15, 0.2) is 36.7 Å². The van der Waals surface area contributed by atoms with Crippen molar-refractivity contribution < 1.29 is 0 Å². The third kappa shape index (κ3) is 1.77. The van der Waals surface area contributed by atoms with Gasteiger partial charge in [0.25, 0.3) is 0 Å². The summed E-state index contributed by atoms with van der Waals surface area (Å²) in [7, 11) is 0. The molecule has 0 N–H and O–H groups in total. The molecule has 1 aromatic heterocycles. The third-order valence-electron chi connectivity index (χ3n) is 2.25. The summed E-state index contributed by atoms with van der Waals surface area (Å²) in [6.07, 6.45) is 1.52. The normalized spacial score (nSPS) is 9.38. The van der Waals surface area contributed by atoms with E-state index in [1.165, 1.54) is 6.33 Å². The number of rotatable bonds is 2. The highest BCUT2D eigenvalue weighted by Crippen LogP contribution is 2.08. The lowest BCUT2D eigenvalue weighted by atomic mass is 10.2. The highest BCUT2D eigenvalue weighted by Gasteiger charge is 2.09. The first-order valence-electron chi connectivity index (χ1n) is 4.74. The van der Waals surface area contributed by atoms with Gasteiger partial charge in [-0.05, 0) is 5.56 Å². The number of nitrogens with zero attached hydrogens (tertiary/aromatic N) is 4. The van der Waals surface area contributed by atoms with Crippen LogP contribution >= 0.6 is 0 Å². The second-order valence-corrected chi connectivity index (χ2v) is 3.28. The average molecular weight is 208 g/mol. The summed E-state index contributed by atoms with van der Waals surface area (Å²) in [5, 5.41) is 17.7. The van der Waals surface area contributed by atoms with E-state index >= 15 is 0 Å². The Balaban J connectivity index is 2.34. The van der Waals surface area contributed by atoms with E-state index in [2.05, 4.69) is 4.98 Å². The van der Waals surface area contributed by atoms with E-state index in [1.54, 1.807) is 4.57 Å². The summed E-state index contributed by atoms with van der Waals surface area (Å²) < 4.78 is 1.67. The predicted octanol–water partition coefficient (Wildman–Crippen LogP) is 1.67. The van der Waals surface area contributed by atoms with Gasteiger partial charge in [-0.2, -0.15) is 10.5 Å². The maximum Gasteiger partial charge on any atom is 0.176 e. The first kappa shape index (κ1) is 9.95. The molecule has 0 fully saturated rings. The monoisotopic (exact) mass is 208 g/mol. The average Bonchev–Trinajstić information content (AvgIpc) is 2.72. The highest BCUT2D eigenvalue weighted by atomic mass is 15.1. The molecule has 0 amide bonds. The Morgan fingerprint density at radius 3 is 2.50 bits per heavy atom. The molecule has 0 saturated carbocycles. The van der Waals surface area contributed by atoms with Crippen molar-refractivity contribution in [2.24, 2.45) is 0 Å². The van der Waals surface area contributed by atoms with Gasteiger partial charge in [0, 0.05) is 6.54 Å². The fourth-order valence-electron chi connectivity index (χ4n) is 1.48. The SMILES string of the molecule is N#Cc1ncn(Cc2ccccc2)c1C#N. The number of nitriles is 2. The Morgan fingerprint density at radius 1 is 1.12 bits per heavy atom. The lowest BCUT2D eigenvalue weighted by Crippen LogP contribution is -2.01. The molecule has 0 aliphatic carbocycles. The van der Waals surface area contributed by atoms with Crippen molar-refractivity contribution in [2.45, 2.75) is 6.54 Å². The Labute approximate surface area is 93.0 Å². The molecule has 0 spiro atoms. The molecular formula is C12H8N4. The van der Waals surface area contributed by atoms with Crippen molar-refractivity contribution in [2.75, 3.05) is 0 Å². The van der Waals surface area contributed by atoms with Crippen LogP contribution < -0.4 is 0 Å². The first-order chi connectivity index (χ1) is 7.85. The zero-order valence-electron chi connectivity index (χ0n) is 8.46. The van der Waals surface area contributed by atoms with Gasteiger partial charge in [0.2, 0.25) is 0 Å². The van der Waals surface area contributed by atoms with Gasteiger partial charge in [-0.1, -0.05) is 30.3 Å². The van der Waals surface area contributed by atoms with E-state index in [-0.39, 0.29) is 5.69 Å². The molecule has 2 aromatic rings. The summed E-state index contributed by atoms with van der Waals surface area (Å²) in [4.78, 5) is 3.88. The lowest BCUT2D eigenvalue weighted by Gasteiger charge is -2.02. The summed E-state index contributed by atoms with van der Waals surface area (Å²) in [5.74, 6) is 0. The molecule has 1 aromatic carbocycles. The molecule has 0 aliphatic heterocycles. The van der Waals surface area contributed by atoms with E-state index in [4.69, 9.17) is 10.5 Å². The minimum atomic E-state index is 0.179. The summed E-state index contributed by atoms with van der Waals surface area (Å²) in [6, 6.07) is 13.6. The number of imidazole rings is 1. The Hall–Kier alpha value is -2.59. The molecule has 76 valence electrons. The molecule has 4 nitrogen and oxygen atoms in total. The third-order valence-corrected chi connectivity index (χ3v) is 2.25. The topological polar surface area (TPSA) is 65.4 Å². The van der Waals surface area contributed by atoms with Crippen molar-refractivity contribution in [3.05, 3.63) is 53.6 Å². The van der Waals surface area contributed by atoms with Crippen LogP contribution in [-0.2, 0) is 6.54 Å². The Kier molecular flexibility index (Phi) is 2.67. The van der Waals surface area contributed by atoms with Gasteiger partial charge >= 0.3 is 0 Å². The van der Waals surface area contributed by atoms with Gasteiger partial charge in [0.1, 0.15) is 12.1 Å². The van der Waals surface area contributed by atoms with Crippen molar-refractivity contribution in [3.63, 3.8) is 0 Å². The molecule has 16 heavy (non-hydrogen) atoms. The van der Waals surface area contributed by atoms with Gasteiger partial charge in [-0.15, -0.1) is 0 Å². The highest BCUT2D eigenvalue weighted by molar-refractivity contribution is 5.36. The van der Waals surface area contributed by atoms with Crippen LogP contribution in [0.4, 0.5) is 0 Å². The summed E-state index contributed by atoms with van der Waals surface area (Å²) in [6.45, 7) is 0.554. The van der Waals surface area contributed by atoms with Gasteiger partial charge in [-0.3, -0.25) is 0 Å². The number of hydrogen-bond acceptors (Lipinski definition) is 3. The number of aromatic nitrogens is 2. The van der Waals surface area contributed by atoms with Gasteiger partial charge in [0.05, 0.1) is 6.33 Å². The van der Waals surface area contributed by atoms with Gasteiger partial charge in [0.15, 0.2) is 11.4 Å². The van der Waals surface area contributed by atoms with Crippen LogP contribution in [-0.4, -0.2) is 9.55 Å².